The van der Waals surface area contributed by atoms with E-state index >= 15 is 0 Å². The van der Waals surface area contributed by atoms with Crippen molar-refractivity contribution in [2.75, 3.05) is 46.6 Å². The number of nitrogens with zero attached hydrogens (tertiary/aromatic N) is 3. The zero-order valence-electron chi connectivity index (χ0n) is 19.5. The average molecular weight is 531 g/mol. The van der Waals surface area contributed by atoms with Crippen LogP contribution in [0.4, 0.5) is 5.82 Å². The number of nitrogens with two attached hydrogens (primary N) is 1. The second-order valence-electron chi connectivity index (χ2n) is 7.66. The van der Waals surface area contributed by atoms with Gasteiger partial charge in [-0.2, -0.15) is 9.29 Å². The third-order valence-corrected chi connectivity index (χ3v) is 6.00. The second-order valence-corrected chi connectivity index (χ2v) is 10.5. The van der Waals surface area contributed by atoms with E-state index in [0.717, 1.165) is 21.8 Å². The van der Waals surface area contributed by atoms with Gasteiger partial charge in [-0.1, -0.05) is 0 Å². The number of aromatic nitrogens is 2. The fraction of sp³-hybridized carbons (Fsp3) is 0.714. The molecule has 5 atom stereocenters. The van der Waals surface area contributed by atoms with E-state index < -0.39 is 52.5 Å². The van der Waals surface area contributed by atoms with Crippen LogP contribution in [0.1, 0.15) is 7.65 Å². The maximum atomic E-state index is 11.7. The van der Waals surface area contributed by atoms with Gasteiger partial charge >= 0.3 is 50.9 Å². The fourth-order valence-electron chi connectivity index (χ4n) is 2.34. The van der Waals surface area contributed by atoms with E-state index in [4.69, 9.17) is 30.3 Å². The third kappa shape index (κ3) is 11.8. The van der Waals surface area contributed by atoms with Crippen LogP contribution < -0.4 is 41.0 Å². The molecule has 1 unspecified atom stereocenters. The van der Waals surface area contributed by atoms with Crippen LogP contribution in [0.25, 0.3) is 0 Å². The molecule has 0 aromatic carbocycles. The molecule has 1 fully saturated rings. The van der Waals surface area contributed by atoms with Gasteiger partial charge in [0.1, 0.15) is 30.7 Å². The summed E-state index contributed by atoms with van der Waals surface area (Å²) in [5.41, 5.74) is 4.45. The zero-order chi connectivity index (χ0) is 24.9. The molecule has 0 aliphatic carbocycles. The monoisotopic (exact) mass is 531 g/mol. The largest absolute Gasteiger partial charge is 1.00 e. The Bertz CT molecular complexity index is 913. The second kappa shape index (κ2) is 13.2. The summed E-state index contributed by atoms with van der Waals surface area (Å²) in [6.07, 6.45) is -4.93. The fourth-order valence-corrected chi connectivity index (χ4v) is 3.94. The molecular weight excluding hydrogens is 501 g/mol. The van der Waals surface area contributed by atoms with E-state index in [-0.39, 0.29) is 43.4 Å². The van der Waals surface area contributed by atoms with Crippen LogP contribution in [0, 0.1) is 0 Å². The summed E-state index contributed by atoms with van der Waals surface area (Å²) in [6, 6.07) is 1.24. The first-order valence-corrected chi connectivity index (χ1v) is 12.0. The first kappa shape index (κ1) is 32.7. The molecule has 2 heterocycles. The van der Waals surface area contributed by atoms with Crippen molar-refractivity contribution in [3.05, 3.63) is 22.7 Å². The van der Waals surface area contributed by atoms with Crippen molar-refractivity contribution >= 4 is 21.5 Å². The number of anilines is 1. The van der Waals surface area contributed by atoms with Crippen LogP contribution in [-0.2, 0) is 22.7 Å². The van der Waals surface area contributed by atoms with Gasteiger partial charge in [0.25, 0.3) is 0 Å². The molecule has 188 valence electrons. The number of hydrogen-bond acceptors (Lipinski definition) is 11. The van der Waals surface area contributed by atoms with Crippen LogP contribution >= 0.6 is 15.6 Å². The number of quaternary nitrogens is 1. The molecule has 1 aromatic rings. The topological polar surface area (TPSA) is 244 Å². The van der Waals surface area contributed by atoms with E-state index in [9.17, 15) is 24.1 Å². The molecule has 0 bridgehead atoms. The molecule has 0 saturated carbocycles. The quantitative estimate of drug-likeness (QED) is 0.0940. The van der Waals surface area contributed by atoms with Crippen molar-refractivity contribution in [1.29, 1.82) is 0 Å². The normalized spacial score (nSPS) is 24.9. The van der Waals surface area contributed by atoms with Gasteiger partial charge in [0.05, 0.1) is 34.4 Å². The maximum Gasteiger partial charge on any atom is 1.00 e. The van der Waals surface area contributed by atoms with Gasteiger partial charge in [-0.15, -0.1) is 0 Å². The summed E-state index contributed by atoms with van der Waals surface area (Å²) < 4.78 is 36.7. The van der Waals surface area contributed by atoms with Crippen molar-refractivity contribution in [3.8, 4) is 0 Å². The Morgan fingerprint density at radius 1 is 1.24 bits per heavy atom. The number of phosphoric acid groups is 2. The minimum absolute atomic E-state index is 0. The van der Waals surface area contributed by atoms with Crippen molar-refractivity contribution < 1.29 is 88.2 Å². The summed E-state index contributed by atoms with van der Waals surface area (Å²) in [7, 11) is -4.30. The van der Waals surface area contributed by atoms with Gasteiger partial charge in [-0.3, -0.25) is 9.09 Å². The number of likely N-dealkylation sites (N-methyl/N-ethyl adjacent to an activating group) is 1. The van der Waals surface area contributed by atoms with Crippen molar-refractivity contribution in [3.63, 3.8) is 0 Å². The molecular formula is C14H30N4NaO12P2+. The Kier molecular flexibility index (Phi) is 13.1. The Labute approximate surface area is 212 Å². The maximum absolute atomic E-state index is 11.7. The molecule has 19 heteroatoms. The minimum atomic E-state index is -5.30. The van der Waals surface area contributed by atoms with Gasteiger partial charge in [-0.25, -0.2) is 13.9 Å². The molecule has 1 aromatic heterocycles. The number of aliphatic hydroxyl groups excluding tert-OH is 3. The van der Waals surface area contributed by atoms with Crippen LogP contribution in [0.2, 0.25) is 0 Å². The first-order chi connectivity index (χ1) is 14.5. The minimum Gasteiger partial charge on any atom is -1.00 e. The number of phosphoric ester groups is 1. The Morgan fingerprint density at radius 2 is 1.82 bits per heavy atom. The Morgan fingerprint density at radius 3 is 2.24 bits per heavy atom. The smallest absolute Gasteiger partial charge is 1.00 e. The van der Waals surface area contributed by atoms with Gasteiger partial charge in [0, 0.05) is 6.20 Å². The number of nitrogen functional groups attached to an aromatic ring is 1. The summed E-state index contributed by atoms with van der Waals surface area (Å²) >= 11 is 0. The van der Waals surface area contributed by atoms with Gasteiger partial charge in [0.2, 0.25) is 0 Å². The van der Waals surface area contributed by atoms with E-state index in [1.807, 2.05) is 0 Å². The molecule has 0 radical (unpaired) electrons. The van der Waals surface area contributed by atoms with Crippen LogP contribution in [-0.4, -0.2) is 103 Å². The van der Waals surface area contributed by atoms with E-state index in [1.165, 1.54) is 6.07 Å². The molecule has 1 saturated heterocycles. The molecule has 16 nitrogen and oxygen atoms in total. The SMILES string of the molecule is C[N+](C)(C)CCO.Nc1ccn([C@@H]2O[C@H](COP(=O)(O)OP(=O)(O)O)[C@@H](O)[C@H]2O)c(=O)n1.[H-].[Na+]. The molecule has 1 aliphatic rings. The predicted molar refractivity (Wildman–Crippen MR) is 109 cm³/mol. The zero-order valence-corrected chi connectivity index (χ0v) is 22.3. The third-order valence-electron chi connectivity index (χ3n) is 3.85. The average Bonchev–Trinajstić information content (AvgIpc) is 2.86. The molecule has 0 amide bonds. The summed E-state index contributed by atoms with van der Waals surface area (Å²) in [4.78, 5) is 41.3. The van der Waals surface area contributed by atoms with Gasteiger partial charge in [0.15, 0.2) is 6.23 Å². The Balaban J connectivity index is 0. The predicted octanol–water partition coefficient (Wildman–Crippen LogP) is -5.53. The van der Waals surface area contributed by atoms with Crippen molar-refractivity contribution in [1.82, 2.24) is 9.55 Å². The Hall–Kier alpha value is -0.260. The molecule has 2 rings (SSSR count). The van der Waals surface area contributed by atoms with Gasteiger partial charge in [-0.05, 0) is 6.07 Å². The van der Waals surface area contributed by atoms with Crippen LogP contribution in [0.15, 0.2) is 17.1 Å². The van der Waals surface area contributed by atoms with Crippen LogP contribution in [0.3, 0.4) is 0 Å². The number of rotatable bonds is 8. The summed E-state index contributed by atoms with van der Waals surface area (Å²) in [5.74, 6) is -0.0787. The standard InChI is InChI=1S/C9H15N3O11P2.C5H14NO.Na.H/c10-5-1-2-12(9(15)11-5)8-7(14)6(13)4(22-8)3-21-25(19,20)23-24(16,17)18;1-6(2,3)4-5-7;;/h1-2,4,6-8,13-14H,3H2,(H,19,20)(H2,10,11,15)(H2,16,17,18);7H,4-5H2,1-3H3;;/q;2*+1;-1/t4-,6-,7-,8-;;;/m1.../s1. The van der Waals surface area contributed by atoms with E-state index in [2.05, 4.69) is 35.0 Å². The molecule has 0 spiro atoms. The van der Waals surface area contributed by atoms with Crippen LogP contribution in [0.5, 0.6) is 0 Å². The number of ether oxygens (including phenoxy) is 1. The van der Waals surface area contributed by atoms with E-state index in [1.54, 1.807) is 0 Å². The first-order valence-electron chi connectivity index (χ1n) is 8.97. The molecule has 33 heavy (non-hydrogen) atoms. The van der Waals surface area contributed by atoms with Crippen molar-refractivity contribution in [2.45, 2.75) is 24.5 Å². The number of hydrogen-bond donors (Lipinski definition) is 7. The molecule has 1 aliphatic heterocycles. The summed E-state index contributed by atoms with van der Waals surface area (Å²) in [6.45, 7) is 0.239. The van der Waals surface area contributed by atoms with E-state index in [0.29, 0.717) is 0 Å². The number of aliphatic hydroxyl groups is 3. The molecule has 8 N–H and O–H groups in total. The summed E-state index contributed by atoms with van der Waals surface area (Å²) in [5, 5.41) is 28.2. The van der Waals surface area contributed by atoms with Crippen molar-refractivity contribution in [2.24, 2.45) is 0 Å². The van der Waals surface area contributed by atoms with Gasteiger partial charge < -0.3 is 46.4 Å².